The Hall–Kier alpha value is -0.0500. The van der Waals surface area contributed by atoms with E-state index in [-0.39, 0.29) is 0 Å². The van der Waals surface area contributed by atoms with E-state index in [2.05, 4.69) is 34.3 Å². The molecule has 0 spiro atoms. The van der Waals surface area contributed by atoms with Crippen molar-refractivity contribution in [1.29, 1.82) is 0 Å². The third kappa shape index (κ3) is 1.18. The normalized spacial score (nSPS) is 10.9. The zero-order chi connectivity index (χ0) is 8.72. The number of fused-ring (bicyclic) bond motifs is 1. The van der Waals surface area contributed by atoms with Gasteiger partial charge >= 0.3 is 0 Å². The predicted molar refractivity (Wildman–Crippen MR) is 59.3 cm³/mol. The molecule has 2 aromatic rings. The molecule has 2 rings (SSSR count). The van der Waals surface area contributed by atoms with Gasteiger partial charge in [0, 0.05) is 14.6 Å². The van der Waals surface area contributed by atoms with E-state index in [0.29, 0.717) is 0 Å². The highest BCUT2D eigenvalue weighted by molar-refractivity contribution is 9.10. The maximum absolute atomic E-state index is 6.13. The summed E-state index contributed by atoms with van der Waals surface area (Å²) >= 11 is 11.3. The Morgan fingerprint density at radius 1 is 1.42 bits per heavy atom. The van der Waals surface area contributed by atoms with Crippen molar-refractivity contribution in [3.8, 4) is 0 Å². The fourth-order valence-electron chi connectivity index (χ4n) is 1.21. The molecule has 0 aliphatic carbocycles. The maximum Gasteiger partial charge on any atom is 0.0637 e. The number of hydrogen-bond donors (Lipinski definition) is 0. The monoisotopic (exact) mass is 260 g/mol. The quantitative estimate of drug-likeness (QED) is 0.649. The second-order valence-electron chi connectivity index (χ2n) is 2.65. The summed E-state index contributed by atoms with van der Waals surface area (Å²) < 4.78 is 2.22. The van der Waals surface area contributed by atoms with E-state index in [1.165, 1.54) is 15.6 Å². The van der Waals surface area contributed by atoms with Crippen LogP contribution in [-0.2, 0) is 0 Å². The van der Waals surface area contributed by atoms with Crippen LogP contribution in [0.2, 0.25) is 5.02 Å². The molecule has 0 saturated heterocycles. The molecule has 12 heavy (non-hydrogen) atoms. The van der Waals surface area contributed by atoms with Crippen LogP contribution in [0.25, 0.3) is 10.1 Å². The third-order valence-electron chi connectivity index (χ3n) is 1.81. The van der Waals surface area contributed by atoms with Gasteiger partial charge in [0.25, 0.3) is 0 Å². The van der Waals surface area contributed by atoms with Gasteiger partial charge in [-0.25, -0.2) is 0 Å². The smallest absolute Gasteiger partial charge is 0.0637 e. The highest BCUT2D eigenvalue weighted by atomic mass is 79.9. The van der Waals surface area contributed by atoms with Crippen LogP contribution in [0.4, 0.5) is 0 Å². The minimum Gasteiger partial charge on any atom is -0.143 e. The second-order valence-corrected chi connectivity index (χ2v) is 4.80. The molecule has 3 heteroatoms. The SMILES string of the molecule is Cc1csc2ccc(Br)c(Cl)c12. The van der Waals surface area contributed by atoms with Crippen LogP contribution in [0.1, 0.15) is 5.56 Å². The first kappa shape index (κ1) is 8.54. The Labute approximate surface area is 88.3 Å². The highest BCUT2D eigenvalue weighted by Crippen LogP contribution is 2.36. The number of thiophene rings is 1. The Morgan fingerprint density at radius 3 is 2.92 bits per heavy atom. The van der Waals surface area contributed by atoms with Crippen molar-refractivity contribution in [2.45, 2.75) is 6.92 Å². The molecule has 1 aromatic carbocycles. The molecule has 0 bridgehead atoms. The molecule has 0 nitrogen and oxygen atoms in total. The summed E-state index contributed by atoms with van der Waals surface area (Å²) in [6.07, 6.45) is 0. The topological polar surface area (TPSA) is 0 Å². The average Bonchev–Trinajstić information content (AvgIpc) is 2.41. The minimum atomic E-state index is 0.825. The number of benzene rings is 1. The lowest BCUT2D eigenvalue weighted by molar-refractivity contribution is 1.59. The molecule has 0 fully saturated rings. The maximum atomic E-state index is 6.13. The number of halogens is 2. The van der Waals surface area contributed by atoms with Crippen molar-refractivity contribution in [3.63, 3.8) is 0 Å². The third-order valence-corrected chi connectivity index (χ3v) is 4.16. The van der Waals surface area contributed by atoms with E-state index in [9.17, 15) is 0 Å². The van der Waals surface area contributed by atoms with Crippen molar-refractivity contribution in [3.05, 3.63) is 32.6 Å². The summed E-state index contributed by atoms with van der Waals surface area (Å²) in [6.45, 7) is 2.08. The minimum absolute atomic E-state index is 0.825. The van der Waals surface area contributed by atoms with Crippen molar-refractivity contribution >= 4 is 49.0 Å². The summed E-state index contributed by atoms with van der Waals surface area (Å²) in [6, 6.07) is 4.07. The van der Waals surface area contributed by atoms with E-state index in [1.807, 2.05) is 6.07 Å². The van der Waals surface area contributed by atoms with Crippen LogP contribution in [0.5, 0.6) is 0 Å². The Balaban J connectivity index is 2.96. The molecule has 62 valence electrons. The summed E-state index contributed by atoms with van der Waals surface area (Å²) in [4.78, 5) is 0. The highest BCUT2D eigenvalue weighted by Gasteiger charge is 2.06. The largest absolute Gasteiger partial charge is 0.143 e. The fraction of sp³-hybridized carbons (Fsp3) is 0.111. The first-order chi connectivity index (χ1) is 5.70. The lowest BCUT2D eigenvalue weighted by Crippen LogP contribution is -1.72. The molecule has 0 aliphatic rings. The second kappa shape index (κ2) is 3.02. The first-order valence-electron chi connectivity index (χ1n) is 3.52. The van der Waals surface area contributed by atoms with Gasteiger partial charge in [-0.05, 0) is 45.9 Å². The molecule has 0 saturated carbocycles. The molecule has 0 amide bonds. The number of hydrogen-bond acceptors (Lipinski definition) is 1. The van der Waals surface area contributed by atoms with E-state index in [4.69, 9.17) is 11.6 Å². The van der Waals surface area contributed by atoms with Gasteiger partial charge in [-0.1, -0.05) is 11.6 Å². The van der Waals surface area contributed by atoms with Gasteiger partial charge in [-0.2, -0.15) is 0 Å². The van der Waals surface area contributed by atoms with Gasteiger partial charge in [0.2, 0.25) is 0 Å². The molecule has 0 aliphatic heterocycles. The van der Waals surface area contributed by atoms with Crippen LogP contribution in [-0.4, -0.2) is 0 Å². The molecular formula is C9H6BrClS. The van der Waals surface area contributed by atoms with Crippen molar-refractivity contribution in [2.75, 3.05) is 0 Å². The van der Waals surface area contributed by atoms with Crippen LogP contribution in [0, 0.1) is 6.92 Å². The van der Waals surface area contributed by atoms with E-state index in [0.717, 1.165) is 9.50 Å². The number of rotatable bonds is 0. The van der Waals surface area contributed by atoms with E-state index < -0.39 is 0 Å². The molecular weight excluding hydrogens is 256 g/mol. The Kier molecular flexibility index (Phi) is 2.15. The predicted octanol–water partition coefficient (Wildman–Crippen LogP) is 4.63. The van der Waals surface area contributed by atoms with Gasteiger partial charge in [-0.15, -0.1) is 11.3 Å². The molecule has 0 radical (unpaired) electrons. The molecule has 1 aromatic heterocycles. The lowest BCUT2D eigenvalue weighted by atomic mass is 10.2. The fourth-order valence-corrected chi connectivity index (χ4v) is 2.86. The average molecular weight is 262 g/mol. The van der Waals surface area contributed by atoms with Crippen LogP contribution >= 0.6 is 38.9 Å². The molecule has 0 unspecified atom stereocenters. The zero-order valence-electron chi connectivity index (χ0n) is 6.40. The summed E-state index contributed by atoms with van der Waals surface area (Å²) in [5.41, 5.74) is 1.25. The van der Waals surface area contributed by atoms with Gasteiger partial charge in [0.1, 0.15) is 0 Å². The van der Waals surface area contributed by atoms with Crippen LogP contribution in [0.3, 0.4) is 0 Å². The van der Waals surface area contributed by atoms with Crippen LogP contribution in [0.15, 0.2) is 22.0 Å². The van der Waals surface area contributed by atoms with E-state index in [1.54, 1.807) is 11.3 Å². The zero-order valence-corrected chi connectivity index (χ0v) is 9.55. The summed E-state index contributed by atoms with van der Waals surface area (Å²) in [5.74, 6) is 0. The van der Waals surface area contributed by atoms with Crippen molar-refractivity contribution < 1.29 is 0 Å². The Morgan fingerprint density at radius 2 is 2.17 bits per heavy atom. The Bertz CT molecular complexity index is 433. The molecule has 0 atom stereocenters. The van der Waals surface area contributed by atoms with Gasteiger partial charge in [0.05, 0.1) is 5.02 Å². The van der Waals surface area contributed by atoms with Gasteiger partial charge in [0.15, 0.2) is 0 Å². The van der Waals surface area contributed by atoms with Crippen LogP contribution < -0.4 is 0 Å². The van der Waals surface area contributed by atoms with Crippen molar-refractivity contribution in [1.82, 2.24) is 0 Å². The van der Waals surface area contributed by atoms with Gasteiger partial charge in [-0.3, -0.25) is 0 Å². The van der Waals surface area contributed by atoms with E-state index >= 15 is 0 Å². The van der Waals surface area contributed by atoms with Crippen molar-refractivity contribution in [2.24, 2.45) is 0 Å². The summed E-state index contributed by atoms with van der Waals surface area (Å²) in [5, 5.41) is 4.13. The van der Waals surface area contributed by atoms with Gasteiger partial charge < -0.3 is 0 Å². The summed E-state index contributed by atoms with van der Waals surface area (Å²) in [7, 11) is 0. The lowest BCUT2D eigenvalue weighted by Gasteiger charge is -1.98. The standard InChI is InChI=1S/C9H6BrClS/c1-5-4-12-7-3-2-6(10)9(11)8(5)7/h2-4H,1H3. The molecule has 0 N–H and O–H groups in total. The number of aryl methyl sites for hydroxylation is 1. The molecule has 1 heterocycles. The first-order valence-corrected chi connectivity index (χ1v) is 5.57.